The van der Waals surface area contributed by atoms with Crippen LogP contribution >= 0.6 is 0 Å². The molecule has 11 heteroatoms. The van der Waals surface area contributed by atoms with Crippen LogP contribution < -0.4 is 11.3 Å². The fourth-order valence-corrected chi connectivity index (χ4v) is 1.88. The first-order valence-electron chi connectivity index (χ1n) is 6.04. The number of azide groups is 1. The van der Waals surface area contributed by atoms with Crippen molar-refractivity contribution in [3.8, 4) is 0 Å². The van der Waals surface area contributed by atoms with E-state index in [0.29, 0.717) is 0 Å². The van der Waals surface area contributed by atoms with Crippen LogP contribution in [-0.2, 0) is 6.54 Å². The Morgan fingerprint density at radius 3 is 2.86 bits per heavy atom. The summed E-state index contributed by atoms with van der Waals surface area (Å²) in [7, 11) is 0. The smallest absolute Gasteiger partial charge is 0.280 e. The number of nitrogens with one attached hydrogen (secondary N) is 1. The van der Waals surface area contributed by atoms with E-state index >= 15 is 0 Å². The van der Waals surface area contributed by atoms with E-state index in [1.54, 1.807) is 0 Å². The number of nitrogen functional groups attached to an aromatic ring is 1. The molecule has 0 spiro atoms. The average molecular weight is 294 g/mol. The number of fused-ring (bicyclic) bond motifs is 1. The van der Waals surface area contributed by atoms with Gasteiger partial charge in [0, 0.05) is 11.5 Å². The highest BCUT2D eigenvalue weighted by Crippen LogP contribution is 2.18. The third kappa shape index (κ3) is 2.79. The molecule has 2 heterocycles. The fourth-order valence-electron chi connectivity index (χ4n) is 1.88. The highest BCUT2D eigenvalue weighted by Gasteiger charge is 2.27. The van der Waals surface area contributed by atoms with Gasteiger partial charge >= 0.3 is 0 Å². The minimum absolute atomic E-state index is 0.0418. The number of aliphatic hydroxyl groups is 2. The normalized spacial score (nSPS) is 11.5. The molecule has 5 N–H and O–H groups in total. The maximum Gasteiger partial charge on any atom is 0.280 e. The van der Waals surface area contributed by atoms with Crippen LogP contribution in [0.25, 0.3) is 21.6 Å². The van der Waals surface area contributed by atoms with Crippen LogP contribution in [0.4, 0.5) is 5.95 Å². The van der Waals surface area contributed by atoms with Gasteiger partial charge in [-0.15, -0.1) is 0 Å². The van der Waals surface area contributed by atoms with Crippen molar-refractivity contribution in [1.29, 1.82) is 0 Å². The number of imidazole rings is 1. The number of nitrogens with two attached hydrogens (primary N) is 1. The summed E-state index contributed by atoms with van der Waals surface area (Å²) in [6.45, 7) is -0.779. The van der Waals surface area contributed by atoms with Gasteiger partial charge in [-0.2, -0.15) is 4.98 Å². The lowest BCUT2D eigenvalue weighted by atomic mass is 9.99. The summed E-state index contributed by atoms with van der Waals surface area (Å²) in [6.07, 6.45) is 1.53. The van der Waals surface area contributed by atoms with Crippen molar-refractivity contribution in [2.75, 3.05) is 18.9 Å². The molecule has 0 aliphatic carbocycles. The van der Waals surface area contributed by atoms with Crippen molar-refractivity contribution in [3.05, 3.63) is 27.1 Å². The molecule has 0 saturated carbocycles. The number of H-pyrrole nitrogens is 1. The minimum Gasteiger partial charge on any atom is -0.396 e. The summed E-state index contributed by atoms with van der Waals surface area (Å²) in [5, 5.41) is 22.0. The third-order valence-corrected chi connectivity index (χ3v) is 3.16. The summed E-state index contributed by atoms with van der Waals surface area (Å²) in [4.78, 5) is 24.5. The minimum atomic E-state index is -1.32. The molecule has 0 aliphatic rings. The van der Waals surface area contributed by atoms with Gasteiger partial charge in [-0.05, 0) is 12.0 Å². The van der Waals surface area contributed by atoms with Crippen molar-refractivity contribution in [2.45, 2.75) is 18.5 Å². The Balaban J connectivity index is 2.32. The van der Waals surface area contributed by atoms with Gasteiger partial charge in [-0.1, -0.05) is 5.11 Å². The number of anilines is 1. The second-order valence-corrected chi connectivity index (χ2v) is 4.54. The van der Waals surface area contributed by atoms with E-state index in [-0.39, 0.29) is 30.1 Å². The Hall–Kier alpha value is -2.62. The molecule has 11 nitrogen and oxygen atoms in total. The van der Waals surface area contributed by atoms with Crippen LogP contribution in [0.15, 0.2) is 16.2 Å². The molecule has 0 aliphatic heterocycles. The number of hydrogen-bond acceptors (Lipinski definition) is 7. The molecule has 112 valence electrons. The lowest BCUT2D eigenvalue weighted by molar-refractivity contribution is 0.111. The van der Waals surface area contributed by atoms with E-state index in [4.69, 9.17) is 11.3 Å². The summed E-state index contributed by atoms with van der Waals surface area (Å²) in [5.41, 5.74) is 12.6. The van der Waals surface area contributed by atoms with Crippen LogP contribution in [0.3, 0.4) is 0 Å². The molecule has 0 saturated heterocycles. The Morgan fingerprint density at radius 2 is 2.24 bits per heavy atom. The van der Waals surface area contributed by atoms with Gasteiger partial charge < -0.3 is 20.5 Å². The van der Waals surface area contributed by atoms with Gasteiger partial charge in [-0.25, -0.2) is 4.98 Å². The molecule has 0 radical (unpaired) electrons. The molecule has 0 unspecified atom stereocenters. The van der Waals surface area contributed by atoms with Gasteiger partial charge in [-0.3, -0.25) is 9.78 Å². The predicted octanol–water partition coefficient (Wildman–Crippen LogP) is -0.874. The number of aliphatic hydroxyl groups excluding tert-OH is 2. The van der Waals surface area contributed by atoms with E-state index in [1.807, 2.05) is 0 Å². The van der Waals surface area contributed by atoms with Crippen molar-refractivity contribution in [2.24, 2.45) is 5.11 Å². The van der Waals surface area contributed by atoms with Gasteiger partial charge in [0.05, 0.1) is 25.1 Å². The van der Waals surface area contributed by atoms with Crippen LogP contribution in [0.1, 0.15) is 6.42 Å². The number of aromatic amines is 1. The Kier molecular flexibility index (Phi) is 4.08. The number of aromatic nitrogens is 4. The Labute approximate surface area is 117 Å². The van der Waals surface area contributed by atoms with Crippen LogP contribution in [0.5, 0.6) is 0 Å². The first-order valence-corrected chi connectivity index (χ1v) is 6.04. The quantitative estimate of drug-likeness (QED) is 0.305. The second-order valence-electron chi connectivity index (χ2n) is 4.54. The summed E-state index contributed by atoms with van der Waals surface area (Å²) < 4.78 is 1.54. The maximum absolute atomic E-state index is 11.6. The highest BCUT2D eigenvalue weighted by atomic mass is 16.3. The van der Waals surface area contributed by atoms with E-state index in [0.717, 1.165) is 0 Å². The molecular formula is C10H14N8O3. The van der Waals surface area contributed by atoms with E-state index in [1.165, 1.54) is 10.9 Å². The van der Waals surface area contributed by atoms with Crippen molar-refractivity contribution in [3.63, 3.8) is 0 Å². The number of aryl methyl sites for hydroxylation is 1. The molecule has 2 rings (SSSR count). The molecule has 0 fully saturated rings. The van der Waals surface area contributed by atoms with Crippen molar-refractivity contribution < 1.29 is 10.2 Å². The molecule has 0 bridgehead atoms. The summed E-state index contributed by atoms with van der Waals surface area (Å²) in [6, 6.07) is 0. The molecule has 0 atom stereocenters. The van der Waals surface area contributed by atoms with Gasteiger partial charge in [0.15, 0.2) is 11.2 Å². The molecule has 2 aromatic heterocycles. The molecule has 21 heavy (non-hydrogen) atoms. The molecule has 0 amide bonds. The first-order chi connectivity index (χ1) is 10.0. The van der Waals surface area contributed by atoms with E-state index < -0.39 is 24.3 Å². The number of rotatable bonds is 6. The van der Waals surface area contributed by atoms with Gasteiger partial charge in [0.1, 0.15) is 0 Å². The number of hydrogen-bond donors (Lipinski definition) is 4. The van der Waals surface area contributed by atoms with Gasteiger partial charge in [0.2, 0.25) is 5.95 Å². The van der Waals surface area contributed by atoms with Gasteiger partial charge in [0.25, 0.3) is 5.56 Å². The lowest BCUT2D eigenvalue weighted by Crippen LogP contribution is -2.36. The fraction of sp³-hybridized carbons (Fsp3) is 0.500. The lowest BCUT2D eigenvalue weighted by Gasteiger charge is -2.23. The standard InChI is InChI=1S/C10H14N8O3/c11-9-14-7-6(8(21)15-9)13-5-18(7)2-1-10(3-19,4-20)16-17-12/h5,19-20H,1-4H2,(H3,11,14,15,21). The summed E-state index contributed by atoms with van der Waals surface area (Å²) in [5.74, 6) is -0.0418. The Bertz CT molecular complexity index is 740. The SMILES string of the molecule is [N-]=[N+]=NC(CO)(CO)CCn1cnc2c(=O)[nH]c(N)nc21. The van der Waals surface area contributed by atoms with Crippen LogP contribution in [-0.4, -0.2) is 48.5 Å². The molecule has 2 aromatic rings. The second kappa shape index (κ2) is 5.79. The molecule has 0 aromatic carbocycles. The van der Waals surface area contributed by atoms with E-state index in [9.17, 15) is 15.0 Å². The zero-order chi connectivity index (χ0) is 15.5. The van der Waals surface area contributed by atoms with Crippen molar-refractivity contribution in [1.82, 2.24) is 19.5 Å². The maximum atomic E-state index is 11.6. The topological polar surface area (TPSA) is 179 Å². The average Bonchev–Trinajstić information content (AvgIpc) is 2.87. The predicted molar refractivity (Wildman–Crippen MR) is 73.2 cm³/mol. The Morgan fingerprint density at radius 1 is 1.52 bits per heavy atom. The van der Waals surface area contributed by atoms with E-state index in [2.05, 4.69) is 25.0 Å². The monoisotopic (exact) mass is 294 g/mol. The van der Waals surface area contributed by atoms with Crippen molar-refractivity contribution >= 4 is 17.1 Å². The first kappa shape index (κ1) is 14.8. The molecular weight excluding hydrogens is 280 g/mol. The summed E-state index contributed by atoms with van der Waals surface area (Å²) >= 11 is 0. The zero-order valence-electron chi connectivity index (χ0n) is 11.0. The zero-order valence-corrected chi connectivity index (χ0v) is 11.0. The van der Waals surface area contributed by atoms with Crippen LogP contribution in [0.2, 0.25) is 0 Å². The number of nitrogens with zero attached hydrogens (tertiary/aromatic N) is 6. The highest BCUT2D eigenvalue weighted by molar-refractivity contribution is 5.70. The third-order valence-electron chi connectivity index (χ3n) is 3.16. The van der Waals surface area contributed by atoms with Crippen LogP contribution in [0, 0.1) is 0 Å². The largest absolute Gasteiger partial charge is 0.396 e.